The number of allylic oxidation sites excluding steroid dienone is 1. The van der Waals surface area contributed by atoms with E-state index in [9.17, 15) is 0 Å². The van der Waals surface area contributed by atoms with E-state index in [-0.39, 0.29) is 0 Å². The van der Waals surface area contributed by atoms with Gasteiger partial charge in [0.15, 0.2) is 12.4 Å². The zero-order chi connectivity index (χ0) is 13.8. The van der Waals surface area contributed by atoms with Crippen LogP contribution in [0.4, 0.5) is 0 Å². The molecule has 0 radical (unpaired) electrons. The molecule has 0 aliphatic carbocycles. The maximum atomic E-state index is 2.16. The molecule has 0 bridgehead atoms. The van der Waals surface area contributed by atoms with Crippen LogP contribution in [0.2, 0.25) is 0 Å². The molecule has 2 rings (SSSR count). The van der Waals surface area contributed by atoms with Crippen LogP contribution in [0.15, 0.2) is 48.9 Å². The van der Waals surface area contributed by atoms with Crippen LogP contribution in [0.5, 0.6) is 0 Å². The Morgan fingerprint density at radius 1 is 1.11 bits per heavy atom. The third-order valence-electron chi connectivity index (χ3n) is 2.77. The SMILES string of the molecule is CN(C)/C=C(\C=[N+](C)C)[n+]1ccc2ccccc2c1. The summed E-state index contributed by atoms with van der Waals surface area (Å²) >= 11 is 0. The van der Waals surface area contributed by atoms with E-state index >= 15 is 0 Å². The van der Waals surface area contributed by atoms with Crippen LogP contribution >= 0.6 is 0 Å². The summed E-state index contributed by atoms with van der Waals surface area (Å²) in [6, 6.07) is 10.5. The van der Waals surface area contributed by atoms with Crippen molar-refractivity contribution >= 4 is 22.7 Å². The van der Waals surface area contributed by atoms with Crippen molar-refractivity contribution in [3.8, 4) is 0 Å². The number of aromatic nitrogens is 1. The first-order valence-electron chi connectivity index (χ1n) is 6.36. The standard InChI is InChI=1S/C16H21N3/c1-17(2)12-16(13-18(3)4)19-10-9-14-7-5-6-8-15(14)11-19/h5-13H,1-4H3/q+2. The fourth-order valence-electron chi connectivity index (χ4n) is 1.99. The zero-order valence-corrected chi connectivity index (χ0v) is 12.0. The number of benzene rings is 1. The molecule has 3 heteroatoms. The van der Waals surface area contributed by atoms with Crippen LogP contribution < -0.4 is 4.57 Å². The molecule has 98 valence electrons. The molecule has 0 aliphatic rings. The molecule has 2 aromatic rings. The Kier molecular flexibility index (Phi) is 3.95. The Morgan fingerprint density at radius 3 is 2.42 bits per heavy atom. The Bertz CT molecular complexity index is 635. The predicted molar refractivity (Wildman–Crippen MR) is 80.3 cm³/mol. The van der Waals surface area contributed by atoms with Gasteiger partial charge < -0.3 is 4.90 Å². The molecule has 0 saturated carbocycles. The van der Waals surface area contributed by atoms with Crippen molar-refractivity contribution < 1.29 is 9.14 Å². The lowest BCUT2D eigenvalue weighted by molar-refractivity contribution is -0.578. The lowest BCUT2D eigenvalue weighted by Gasteiger charge is -2.04. The highest BCUT2D eigenvalue weighted by Gasteiger charge is 2.12. The average Bonchev–Trinajstić information content (AvgIpc) is 2.36. The molecular weight excluding hydrogens is 234 g/mol. The van der Waals surface area contributed by atoms with Gasteiger partial charge in [-0.3, -0.25) is 0 Å². The third kappa shape index (κ3) is 3.41. The smallest absolute Gasteiger partial charge is 0.290 e. The van der Waals surface area contributed by atoms with Gasteiger partial charge in [-0.25, -0.2) is 4.58 Å². The molecule has 1 aromatic heterocycles. The number of pyridine rings is 1. The second-order valence-corrected chi connectivity index (χ2v) is 5.09. The minimum Gasteiger partial charge on any atom is -0.378 e. The molecule has 0 fully saturated rings. The second-order valence-electron chi connectivity index (χ2n) is 5.09. The van der Waals surface area contributed by atoms with Gasteiger partial charge in [0.25, 0.3) is 5.70 Å². The quantitative estimate of drug-likeness (QED) is 0.601. The molecule has 0 amide bonds. The van der Waals surface area contributed by atoms with Crippen molar-refractivity contribution in [3.63, 3.8) is 0 Å². The summed E-state index contributed by atoms with van der Waals surface area (Å²) in [6.07, 6.45) is 8.46. The number of fused-ring (bicyclic) bond motifs is 1. The van der Waals surface area contributed by atoms with Crippen molar-refractivity contribution in [1.82, 2.24) is 4.90 Å². The Morgan fingerprint density at radius 2 is 1.79 bits per heavy atom. The predicted octanol–water partition coefficient (Wildman–Crippen LogP) is 1.83. The number of rotatable bonds is 3. The first-order chi connectivity index (χ1) is 9.06. The van der Waals surface area contributed by atoms with Gasteiger partial charge in [0.2, 0.25) is 6.21 Å². The maximum Gasteiger partial charge on any atom is 0.290 e. The van der Waals surface area contributed by atoms with Gasteiger partial charge in [-0.05, 0) is 11.5 Å². The highest BCUT2D eigenvalue weighted by atomic mass is 15.1. The molecule has 1 aromatic carbocycles. The molecule has 0 aliphatic heterocycles. The van der Waals surface area contributed by atoms with E-state index in [1.165, 1.54) is 10.8 Å². The van der Waals surface area contributed by atoms with Gasteiger partial charge in [0, 0.05) is 25.5 Å². The maximum absolute atomic E-state index is 2.16. The first kappa shape index (κ1) is 13.3. The van der Waals surface area contributed by atoms with Crippen molar-refractivity contribution in [1.29, 1.82) is 0 Å². The molecule has 1 heterocycles. The summed E-state index contributed by atoms with van der Waals surface area (Å²) in [6.45, 7) is 0. The fraction of sp³-hybridized carbons (Fsp3) is 0.250. The van der Waals surface area contributed by atoms with Gasteiger partial charge in [-0.2, -0.15) is 4.57 Å². The van der Waals surface area contributed by atoms with Gasteiger partial charge in [-0.1, -0.05) is 18.2 Å². The van der Waals surface area contributed by atoms with Gasteiger partial charge >= 0.3 is 0 Å². The molecule has 0 spiro atoms. The molecule has 19 heavy (non-hydrogen) atoms. The van der Waals surface area contributed by atoms with Gasteiger partial charge in [0.1, 0.15) is 14.1 Å². The van der Waals surface area contributed by atoms with E-state index in [1.807, 2.05) is 28.2 Å². The molecule has 0 unspecified atom stereocenters. The summed E-state index contributed by atoms with van der Waals surface area (Å²) < 4.78 is 4.19. The Labute approximate surface area is 114 Å². The molecule has 0 atom stereocenters. The monoisotopic (exact) mass is 255 g/mol. The summed E-state index contributed by atoms with van der Waals surface area (Å²) in [5.74, 6) is 0. The Balaban J connectivity index is 2.53. The lowest BCUT2D eigenvalue weighted by Crippen LogP contribution is -2.34. The highest BCUT2D eigenvalue weighted by molar-refractivity contribution is 5.94. The lowest BCUT2D eigenvalue weighted by atomic mass is 10.2. The summed E-state index contributed by atoms with van der Waals surface area (Å²) in [7, 11) is 8.13. The van der Waals surface area contributed by atoms with Crippen molar-refractivity contribution in [2.45, 2.75) is 0 Å². The van der Waals surface area contributed by atoms with E-state index in [0.717, 1.165) is 5.70 Å². The number of hydrogen-bond acceptors (Lipinski definition) is 1. The van der Waals surface area contributed by atoms with Crippen LogP contribution in [0.1, 0.15) is 0 Å². The van der Waals surface area contributed by atoms with E-state index in [1.54, 1.807) is 0 Å². The van der Waals surface area contributed by atoms with Gasteiger partial charge in [-0.15, -0.1) is 0 Å². The summed E-state index contributed by atoms with van der Waals surface area (Å²) in [5, 5.41) is 2.50. The van der Waals surface area contributed by atoms with E-state index < -0.39 is 0 Å². The van der Waals surface area contributed by atoms with Gasteiger partial charge in [0.05, 0.1) is 6.20 Å². The van der Waals surface area contributed by atoms with Crippen molar-refractivity contribution in [3.05, 3.63) is 48.9 Å². The molecule has 0 N–H and O–H groups in total. The topological polar surface area (TPSA) is 10.1 Å². The van der Waals surface area contributed by atoms with Crippen molar-refractivity contribution in [2.24, 2.45) is 0 Å². The van der Waals surface area contributed by atoms with E-state index in [4.69, 9.17) is 0 Å². The largest absolute Gasteiger partial charge is 0.378 e. The molecule has 0 saturated heterocycles. The third-order valence-corrected chi connectivity index (χ3v) is 2.77. The number of nitrogens with zero attached hydrogens (tertiary/aromatic N) is 3. The number of hydrogen-bond donors (Lipinski definition) is 0. The second kappa shape index (κ2) is 5.65. The average molecular weight is 255 g/mol. The van der Waals surface area contributed by atoms with Crippen LogP contribution in [-0.2, 0) is 0 Å². The Hall–Kier alpha value is -2.16. The molecular formula is C16H21N3+2. The minimum atomic E-state index is 1.13. The van der Waals surface area contributed by atoms with Crippen molar-refractivity contribution in [2.75, 3.05) is 28.2 Å². The minimum absolute atomic E-state index is 1.13. The van der Waals surface area contributed by atoms with E-state index in [0.29, 0.717) is 0 Å². The van der Waals surface area contributed by atoms with Crippen LogP contribution in [0, 0.1) is 0 Å². The molecule has 3 nitrogen and oxygen atoms in total. The van der Waals surface area contributed by atoms with Crippen LogP contribution in [-0.4, -0.2) is 43.9 Å². The van der Waals surface area contributed by atoms with E-state index in [2.05, 4.69) is 69.2 Å². The van der Waals surface area contributed by atoms with Crippen LogP contribution in [0.25, 0.3) is 16.5 Å². The first-order valence-corrected chi connectivity index (χ1v) is 6.36. The zero-order valence-electron chi connectivity index (χ0n) is 12.0. The van der Waals surface area contributed by atoms with Crippen LogP contribution in [0.3, 0.4) is 0 Å². The summed E-state index contributed by atoms with van der Waals surface area (Å²) in [4.78, 5) is 2.05. The fourth-order valence-corrected chi connectivity index (χ4v) is 1.99. The summed E-state index contributed by atoms with van der Waals surface area (Å²) in [5.41, 5.74) is 1.13. The highest BCUT2D eigenvalue weighted by Crippen LogP contribution is 2.10. The normalized spacial score (nSPS) is 11.5.